The van der Waals surface area contributed by atoms with Crippen LogP contribution in [0.3, 0.4) is 0 Å². The maximum absolute atomic E-state index is 5.97. The third kappa shape index (κ3) is 3.78. The molecule has 0 aliphatic rings. The predicted octanol–water partition coefficient (Wildman–Crippen LogP) is 2.71. The number of aromatic nitrogens is 2. The van der Waals surface area contributed by atoms with Crippen molar-refractivity contribution in [1.82, 2.24) is 9.97 Å². The Balaban J connectivity index is 1.82. The molecule has 1 heterocycles. The minimum atomic E-state index is -0.196. The Morgan fingerprint density at radius 1 is 1.22 bits per heavy atom. The molecule has 18 heavy (non-hydrogen) atoms. The zero-order valence-electron chi connectivity index (χ0n) is 9.79. The Morgan fingerprint density at radius 2 is 2.00 bits per heavy atom. The van der Waals surface area contributed by atoms with Crippen molar-refractivity contribution in [3.63, 3.8) is 0 Å². The molecule has 0 radical (unpaired) electrons. The molecule has 0 amide bonds. The summed E-state index contributed by atoms with van der Waals surface area (Å²) in [6.45, 7) is 0.538. The van der Waals surface area contributed by atoms with E-state index in [1.807, 2.05) is 24.3 Å². The van der Waals surface area contributed by atoms with Gasteiger partial charge in [0.05, 0.1) is 12.6 Å². The molecule has 0 fully saturated rings. The highest BCUT2D eigenvalue weighted by Gasteiger charge is 2.08. The summed E-state index contributed by atoms with van der Waals surface area (Å²) < 4.78 is 6.61. The average molecular weight is 308 g/mol. The van der Waals surface area contributed by atoms with E-state index in [4.69, 9.17) is 10.5 Å². The SMILES string of the molecule is NC(CCOc1cccc(Br)c1)c1ncccn1. The number of hydrogen-bond acceptors (Lipinski definition) is 4. The van der Waals surface area contributed by atoms with Gasteiger partial charge in [-0.15, -0.1) is 0 Å². The summed E-state index contributed by atoms with van der Waals surface area (Å²) in [6.07, 6.45) is 4.06. The minimum Gasteiger partial charge on any atom is -0.493 e. The van der Waals surface area contributed by atoms with E-state index in [2.05, 4.69) is 25.9 Å². The van der Waals surface area contributed by atoms with Crippen molar-refractivity contribution >= 4 is 15.9 Å². The molecule has 0 spiro atoms. The Morgan fingerprint density at radius 3 is 2.72 bits per heavy atom. The van der Waals surface area contributed by atoms with Crippen LogP contribution in [-0.2, 0) is 0 Å². The molecule has 5 heteroatoms. The quantitative estimate of drug-likeness (QED) is 0.922. The Labute approximate surface area is 114 Å². The summed E-state index contributed by atoms with van der Waals surface area (Å²) in [5.74, 6) is 1.47. The van der Waals surface area contributed by atoms with Crippen molar-refractivity contribution in [2.24, 2.45) is 5.73 Å². The van der Waals surface area contributed by atoms with Crippen LogP contribution in [0, 0.1) is 0 Å². The van der Waals surface area contributed by atoms with Crippen LogP contribution in [0.4, 0.5) is 0 Å². The molecule has 0 aliphatic heterocycles. The summed E-state index contributed by atoms with van der Waals surface area (Å²) in [5, 5.41) is 0. The first-order valence-corrected chi connectivity index (χ1v) is 6.46. The van der Waals surface area contributed by atoms with Gasteiger partial charge in [0.25, 0.3) is 0 Å². The van der Waals surface area contributed by atoms with Crippen LogP contribution >= 0.6 is 15.9 Å². The molecule has 0 saturated heterocycles. The molecule has 2 aromatic rings. The largest absolute Gasteiger partial charge is 0.493 e. The summed E-state index contributed by atoms with van der Waals surface area (Å²) in [7, 11) is 0. The third-order valence-corrected chi connectivity index (χ3v) is 2.90. The molecule has 1 unspecified atom stereocenters. The van der Waals surface area contributed by atoms with E-state index in [1.165, 1.54) is 0 Å². The highest BCUT2D eigenvalue weighted by Crippen LogP contribution is 2.18. The lowest BCUT2D eigenvalue weighted by atomic mass is 10.2. The lowest BCUT2D eigenvalue weighted by molar-refractivity contribution is 0.296. The Hall–Kier alpha value is -1.46. The van der Waals surface area contributed by atoms with Gasteiger partial charge in [-0.1, -0.05) is 22.0 Å². The van der Waals surface area contributed by atoms with Gasteiger partial charge in [-0.2, -0.15) is 0 Å². The van der Waals surface area contributed by atoms with Crippen molar-refractivity contribution < 1.29 is 4.74 Å². The highest BCUT2D eigenvalue weighted by atomic mass is 79.9. The standard InChI is InChI=1S/C13H14BrN3O/c14-10-3-1-4-11(9-10)18-8-5-12(15)13-16-6-2-7-17-13/h1-4,6-7,9,12H,5,8,15H2. The van der Waals surface area contributed by atoms with Crippen LogP contribution in [0.1, 0.15) is 18.3 Å². The molecule has 2 N–H and O–H groups in total. The lowest BCUT2D eigenvalue weighted by Crippen LogP contribution is -2.16. The van der Waals surface area contributed by atoms with Crippen molar-refractivity contribution in [3.05, 3.63) is 53.0 Å². The molecule has 0 bridgehead atoms. The van der Waals surface area contributed by atoms with E-state index in [9.17, 15) is 0 Å². The molecule has 1 aromatic heterocycles. The maximum atomic E-state index is 5.97. The average Bonchev–Trinajstić information content (AvgIpc) is 2.40. The van der Waals surface area contributed by atoms with Gasteiger partial charge in [-0.3, -0.25) is 0 Å². The molecular formula is C13H14BrN3O. The second-order valence-electron chi connectivity index (χ2n) is 3.81. The molecule has 0 aliphatic carbocycles. The topological polar surface area (TPSA) is 61.0 Å². The number of ether oxygens (including phenoxy) is 1. The molecule has 1 atom stereocenters. The van der Waals surface area contributed by atoms with Crippen molar-refractivity contribution in [2.45, 2.75) is 12.5 Å². The van der Waals surface area contributed by atoms with Crippen LogP contribution in [0.25, 0.3) is 0 Å². The van der Waals surface area contributed by atoms with Crippen molar-refractivity contribution in [2.75, 3.05) is 6.61 Å². The summed E-state index contributed by atoms with van der Waals surface area (Å²) >= 11 is 3.39. The number of nitrogens with two attached hydrogens (primary N) is 1. The number of hydrogen-bond donors (Lipinski definition) is 1. The first-order valence-electron chi connectivity index (χ1n) is 5.66. The van der Waals surface area contributed by atoms with Crippen molar-refractivity contribution in [1.29, 1.82) is 0 Å². The maximum Gasteiger partial charge on any atom is 0.144 e. The smallest absolute Gasteiger partial charge is 0.144 e. The van der Waals surface area contributed by atoms with E-state index in [1.54, 1.807) is 18.5 Å². The van der Waals surface area contributed by atoms with E-state index in [0.717, 1.165) is 10.2 Å². The van der Waals surface area contributed by atoms with Gasteiger partial charge in [-0.25, -0.2) is 9.97 Å². The number of rotatable bonds is 5. The van der Waals surface area contributed by atoms with Gasteiger partial charge < -0.3 is 10.5 Å². The zero-order chi connectivity index (χ0) is 12.8. The molecular weight excluding hydrogens is 294 g/mol. The molecule has 94 valence electrons. The van der Waals surface area contributed by atoms with Gasteiger partial charge in [-0.05, 0) is 24.3 Å². The number of halogens is 1. The van der Waals surface area contributed by atoms with Crippen LogP contribution in [0.2, 0.25) is 0 Å². The van der Waals surface area contributed by atoms with Crippen LogP contribution < -0.4 is 10.5 Å². The number of nitrogens with zero attached hydrogens (tertiary/aromatic N) is 2. The monoisotopic (exact) mass is 307 g/mol. The molecule has 1 aromatic carbocycles. The zero-order valence-corrected chi connectivity index (χ0v) is 11.4. The summed E-state index contributed by atoms with van der Waals surface area (Å²) in [6, 6.07) is 9.29. The highest BCUT2D eigenvalue weighted by molar-refractivity contribution is 9.10. The summed E-state index contributed by atoms with van der Waals surface area (Å²) in [4.78, 5) is 8.24. The van der Waals surface area contributed by atoms with E-state index >= 15 is 0 Å². The van der Waals surface area contributed by atoms with Crippen LogP contribution in [0.5, 0.6) is 5.75 Å². The first kappa shape index (κ1) is 13.0. The molecule has 2 rings (SSSR count). The second kappa shape index (κ2) is 6.47. The fourth-order valence-corrected chi connectivity index (χ4v) is 1.87. The van der Waals surface area contributed by atoms with E-state index in [-0.39, 0.29) is 6.04 Å². The van der Waals surface area contributed by atoms with Gasteiger partial charge in [0, 0.05) is 23.3 Å². The Bertz CT molecular complexity index is 493. The molecule has 0 saturated carbocycles. The van der Waals surface area contributed by atoms with Crippen LogP contribution in [-0.4, -0.2) is 16.6 Å². The Kier molecular flexibility index (Phi) is 4.66. The molecule has 4 nitrogen and oxygen atoms in total. The van der Waals surface area contributed by atoms with Crippen molar-refractivity contribution in [3.8, 4) is 5.75 Å². The third-order valence-electron chi connectivity index (χ3n) is 2.41. The van der Waals surface area contributed by atoms with E-state index in [0.29, 0.717) is 18.9 Å². The number of benzene rings is 1. The fraction of sp³-hybridized carbons (Fsp3) is 0.231. The van der Waals surface area contributed by atoms with Gasteiger partial charge in [0.15, 0.2) is 0 Å². The predicted molar refractivity (Wildman–Crippen MR) is 73.2 cm³/mol. The second-order valence-corrected chi connectivity index (χ2v) is 4.72. The first-order chi connectivity index (χ1) is 8.75. The van der Waals surface area contributed by atoms with Gasteiger partial charge >= 0.3 is 0 Å². The lowest BCUT2D eigenvalue weighted by Gasteiger charge is -2.11. The normalized spacial score (nSPS) is 12.1. The summed E-state index contributed by atoms with van der Waals surface area (Å²) in [5.41, 5.74) is 5.97. The fourth-order valence-electron chi connectivity index (χ4n) is 1.49. The van der Waals surface area contributed by atoms with Crippen LogP contribution in [0.15, 0.2) is 47.2 Å². The minimum absolute atomic E-state index is 0.196. The van der Waals surface area contributed by atoms with E-state index < -0.39 is 0 Å². The van der Waals surface area contributed by atoms with Gasteiger partial charge in [0.2, 0.25) is 0 Å². The van der Waals surface area contributed by atoms with Gasteiger partial charge in [0.1, 0.15) is 11.6 Å².